The van der Waals surface area contributed by atoms with Gasteiger partial charge in [-0.2, -0.15) is 0 Å². The van der Waals surface area contributed by atoms with Gasteiger partial charge >= 0.3 is 5.97 Å². The van der Waals surface area contributed by atoms with Crippen LogP contribution in [0.2, 0.25) is 0 Å². The molecule has 0 spiro atoms. The van der Waals surface area contributed by atoms with Crippen molar-refractivity contribution >= 4 is 28.9 Å². The first kappa shape index (κ1) is 17.1. The molecule has 5 nitrogen and oxygen atoms in total. The molecule has 0 radical (unpaired) electrons. The van der Waals surface area contributed by atoms with Crippen LogP contribution in [0.3, 0.4) is 0 Å². The number of hydrogen-bond donors (Lipinski definition) is 2. The number of carbonyl (C=O) groups is 2. The molecule has 23 heavy (non-hydrogen) atoms. The largest absolute Gasteiger partial charge is 0.481 e. The molecule has 2 N–H and O–H groups in total. The van der Waals surface area contributed by atoms with Crippen molar-refractivity contribution < 1.29 is 14.7 Å². The zero-order valence-corrected chi connectivity index (χ0v) is 14.4. The van der Waals surface area contributed by atoms with E-state index in [4.69, 9.17) is 0 Å². The SMILES string of the molecule is CC(C)c1ncc(C(=O)Nc2ccc(C(C)(C)C(=O)O)cc2)s1. The summed E-state index contributed by atoms with van der Waals surface area (Å²) in [4.78, 5) is 28.3. The van der Waals surface area contributed by atoms with Gasteiger partial charge in [0.1, 0.15) is 4.88 Å². The quantitative estimate of drug-likeness (QED) is 0.871. The average molecular weight is 332 g/mol. The summed E-state index contributed by atoms with van der Waals surface area (Å²) in [5, 5.41) is 13.0. The second kappa shape index (κ2) is 6.50. The number of carboxylic acid groups (broad SMARTS) is 1. The fourth-order valence-electron chi connectivity index (χ4n) is 1.95. The number of carboxylic acids is 1. The number of carbonyl (C=O) groups excluding carboxylic acids is 1. The van der Waals surface area contributed by atoms with Crippen LogP contribution in [-0.4, -0.2) is 22.0 Å². The lowest BCUT2D eigenvalue weighted by Crippen LogP contribution is -2.28. The molecule has 0 aliphatic rings. The fraction of sp³-hybridized carbons (Fsp3) is 0.353. The predicted octanol–water partition coefficient (Wildman–Crippen LogP) is 3.88. The van der Waals surface area contributed by atoms with Crippen molar-refractivity contribution in [3.8, 4) is 0 Å². The van der Waals surface area contributed by atoms with Gasteiger partial charge in [0.05, 0.1) is 16.6 Å². The van der Waals surface area contributed by atoms with E-state index in [2.05, 4.69) is 10.3 Å². The summed E-state index contributed by atoms with van der Waals surface area (Å²) >= 11 is 1.38. The molecule has 2 rings (SSSR count). The van der Waals surface area contributed by atoms with Crippen molar-refractivity contribution in [1.82, 2.24) is 4.98 Å². The molecular weight excluding hydrogens is 312 g/mol. The minimum atomic E-state index is -0.966. The van der Waals surface area contributed by atoms with Gasteiger partial charge in [-0.15, -0.1) is 11.3 Å². The molecule has 0 bridgehead atoms. The van der Waals surface area contributed by atoms with Crippen LogP contribution in [-0.2, 0) is 10.2 Å². The number of nitrogens with zero attached hydrogens (tertiary/aromatic N) is 1. The maximum atomic E-state index is 12.2. The Kier molecular flexibility index (Phi) is 4.85. The van der Waals surface area contributed by atoms with Crippen molar-refractivity contribution in [3.05, 3.63) is 45.9 Å². The van der Waals surface area contributed by atoms with Gasteiger partial charge in [-0.25, -0.2) is 4.98 Å². The molecule has 0 saturated carbocycles. The third-order valence-corrected chi connectivity index (χ3v) is 4.94. The molecule has 1 amide bonds. The monoisotopic (exact) mass is 332 g/mol. The van der Waals surface area contributed by atoms with Gasteiger partial charge in [0, 0.05) is 11.6 Å². The van der Waals surface area contributed by atoms with E-state index in [1.807, 2.05) is 13.8 Å². The number of nitrogens with one attached hydrogen (secondary N) is 1. The van der Waals surface area contributed by atoms with E-state index in [-0.39, 0.29) is 5.91 Å². The highest BCUT2D eigenvalue weighted by Gasteiger charge is 2.29. The van der Waals surface area contributed by atoms with E-state index in [9.17, 15) is 14.7 Å². The summed E-state index contributed by atoms with van der Waals surface area (Å²) in [5.74, 6) is -0.807. The molecule has 122 valence electrons. The molecule has 1 aromatic carbocycles. The highest BCUT2D eigenvalue weighted by molar-refractivity contribution is 7.13. The van der Waals surface area contributed by atoms with E-state index in [0.717, 1.165) is 5.01 Å². The zero-order valence-electron chi connectivity index (χ0n) is 13.6. The summed E-state index contributed by atoms with van der Waals surface area (Å²) < 4.78 is 0. The number of aromatic nitrogens is 1. The van der Waals surface area contributed by atoms with Crippen LogP contribution < -0.4 is 5.32 Å². The van der Waals surface area contributed by atoms with Crippen molar-refractivity contribution in [2.45, 2.75) is 39.0 Å². The summed E-state index contributed by atoms with van der Waals surface area (Å²) in [6.45, 7) is 7.36. The maximum absolute atomic E-state index is 12.2. The Hall–Kier alpha value is -2.21. The third-order valence-electron chi connectivity index (χ3n) is 3.64. The molecule has 1 heterocycles. The van der Waals surface area contributed by atoms with Crippen molar-refractivity contribution in [2.24, 2.45) is 0 Å². The summed E-state index contributed by atoms with van der Waals surface area (Å²) in [7, 11) is 0. The van der Waals surface area contributed by atoms with Gasteiger partial charge in [0.25, 0.3) is 5.91 Å². The number of amides is 1. The van der Waals surface area contributed by atoms with E-state index in [0.29, 0.717) is 22.0 Å². The van der Waals surface area contributed by atoms with E-state index in [1.54, 1.807) is 44.3 Å². The Labute approximate surface area is 139 Å². The third kappa shape index (κ3) is 3.76. The normalized spacial score (nSPS) is 11.5. The number of benzene rings is 1. The lowest BCUT2D eigenvalue weighted by molar-refractivity contribution is -0.142. The highest BCUT2D eigenvalue weighted by atomic mass is 32.1. The van der Waals surface area contributed by atoms with Crippen LogP contribution in [0.25, 0.3) is 0 Å². The number of rotatable bonds is 5. The molecule has 0 aliphatic heterocycles. The molecule has 0 fully saturated rings. The van der Waals surface area contributed by atoms with Gasteiger partial charge in [-0.05, 0) is 31.5 Å². The zero-order chi connectivity index (χ0) is 17.2. The first-order valence-electron chi connectivity index (χ1n) is 7.33. The maximum Gasteiger partial charge on any atom is 0.313 e. The van der Waals surface area contributed by atoms with Crippen LogP contribution in [0.4, 0.5) is 5.69 Å². The molecule has 1 aromatic heterocycles. The Morgan fingerprint density at radius 2 is 1.83 bits per heavy atom. The van der Waals surface area contributed by atoms with Gasteiger partial charge in [0.15, 0.2) is 0 Å². The van der Waals surface area contributed by atoms with E-state index < -0.39 is 11.4 Å². The first-order chi connectivity index (χ1) is 10.7. The van der Waals surface area contributed by atoms with Gasteiger partial charge in [0.2, 0.25) is 0 Å². The molecule has 0 unspecified atom stereocenters. The molecule has 0 aliphatic carbocycles. The van der Waals surface area contributed by atoms with Crippen LogP contribution in [0.5, 0.6) is 0 Å². The number of thiazole rings is 1. The Balaban J connectivity index is 2.11. The molecule has 0 atom stereocenters. The minimum absolute atomic E-state index is 0.209. The number of aliphatic carboxylic acids is 1. The number of anilines is 1. The Morgan fingerprint density at radius 3 is 2.30 bits per heavy atom. The fourth-order valence-corrected chi connectivity index (χ4v) is 2.76. The molecular formula is C17H20N2O3S. The standard InChI is InChI=1S/C17H20N2O3S/c1-10(2)15-18-9-13(23-15)14(20)19-12-7-5-11(6-8-12)17(3,4)16(21)22/h5-10H,1-4H3,(H,19,20)(H,21,22). The second-order valence-corrected chi connectivity index (χ2v) is 7.24. The second-order valence-electron chi connectivity index (χ2n) is 6.18. The summed E-state index contributed by atoms with van der Waals surface area (Å²) in [6.07, 6.45) is 1.58. The van der Waals surface area contributed by atoms with Crippen molar-refractivity contribution in [3.63, 3.8) is 0 Å². The number of hydrogen-bond acceptors (Lipinski definition) is 4. The molecule has 0 saturated heterocycles. The average Bonchev–Trinajstić information content (AvgIpc) is 2.97. The van der Waals surface area contributed by atoms with Crippen LogP contribution in [0.15, 0.2) is 30.5 Å². The van der Waals surface area contributed by atoms with Gasteiger partial charge in [-0.1, -0.05) is 26.0 Å². The smallest absolute Gasteiger partial charge is 0.313 e. The predicted molar refractivity (Wildman–Crippen MR) is 91.3 cm³/mol. The van der Waals surface area contributed by atoms with Crippen molar-refractivity contribution in [2.75, 3.05) is 5.32 Å². The first-order valence-corrected chi connectivity index (χ1v) is 8.14. The Bertz CT molecular complexity index is 718. The summed E-state index contributed by atoms with van der Waals surface area (Å²) in [5.41, 5.74) is 0.342. The lowest BCUT2D eigenvalue weighted by atomic mass is 9.85. The van der Waals surface area contributed by atoms with E-state index in [1.165, 1.54) is 11.3 Å². The Morgan fingerprint density at radius 1 is 1.22 bits per heavy atom. The van der Waals surface area contributed by atoms with Crippen LogP contribution >= 0.6 is 11.3 Å². The van der Waals surface area contributed by atoms with Crippen LogP contribution in [0.1, 0.15) is 53.9 Å². The topological polar surface area (TPSA) is 79.3 Å². The summed E-state index contributed by atoms with van der Waals surface area (Å²) in [6, 6.07) is 6.86. The van der Waals surface area contributed by atoms with Gasteiger partial charge in [-0.3, -0.25) is 9.59 Å². The highest BCUT2D eigenvalue weighted by Crippen LogP contribution is 2.26. The van der Waals surface area contributed by atoms with Crippen molar-refractivity contribution in [1.29, 1.82) is 0 Å². The lowest BCUT2D eigenvalue weighted by Gasteiger charge is -2.19. The van der Waals surface area contributed by atoms with E-state index >= 15 is 0 Å². The van der Waals surface area contributed by atoms with Crippen LogP contribution in [0, 0.1) is 0 Å². The molecule has 2 aromatic rings. The van der Waals surface area contributed by atoms with Gasteiger partial charge < -0.3 is 10.4 Å². The molecule has 6 heteroatoms. The minimum Gasteiger partial charge on any atom is -0.481 e.